The van der Waals surface area contributed by atoms with Gasteiger partial charge in [-0.1, -0.05) is 41.0 Å². The molecule has 17 heavy (non-hydrogen) atoms. The molecule has 0 aliphatic heterocycles. The van der Waals surface area contributed by atoms with Crippen LogP contribution in [0.1, 0.15) is 44.4 Å². The maximum absolute atomic E-state index is 3.50. The molecule has 0 aromatic heterocycles. The number of rotatable bonds is 3. The SMILES string of the molecule is CC(=Cc1cc(C)cc(C)c1)CNC(C)(C)C. The van der Waals surface area contributed by atoms with E-state index in [0.717, 1.165) is 6.54 Å². The van der Waals surface area contributed by atoms with Crippen molar-refractivity contribution in [2.75, 3.05) is 6.54 Å². The highest BCUT2D eigenvalue weighted by atomic mass is 14.9. The summed E-state index contributed by atoms with van der Waals surface area (Å²) in [6.45, 7) is 14.0. The Bertz CT molecular complexity index is 388. The zero-order valence-corrected chi connectivity index (χ0v) is 12.0. The normalized spacial score (nSPS) is 12.9. The lowest BCUT2D eigenvalue weighted by Gasteiger charge is -2.20. The second kappa shape index (κ2) is 5.50. The van der Waals surface area contributed by atoms with Crippen molar-refractivity contribution in [1.82, 2.24) is 5.32 Å². The van der Waals surface area contributed by atoms with Crippen molar-refractivity contribution in [3.63, 3.8) is 0 Å². The third-order valence-corrected chi connectivity index (χ3v) is 2.55. The van der Waals surface area contributed by atoms with E-state index in [1.165, 1.54) is 22.3 Å². The fraction of sp³-hybridized carbons (Fsp3) is 0.500. The number of hydrogen-bond donors (Lipinski definition) is 1. The van der Waals surface area contributed by atoms with E-state index in [-0.39, 0.29) is 5.54 Å². The van der Waals surface area contributed by atoms with Gasteiger partial charge in [0.25, 0.3) is 0 Å². The maximum atomic E-state index is 3.50. The molecule has 1 nitrogen and oxygen atoms in total. The fourth-order valence-corrected chi connectivity index (χ4v) is 1.83. The average molecular weight is 231 g/mol. The van der Waals surface area contributed by atoms with Crippen molar-refractivity contribution >= 4 is 6.08 Å². The minimum Gasteiger partial charge on any atom is -0.308 e. The molecule has 0 fully saturated rings. The Morgan fingerprint density at radius 3 is 2.12 bits per heavy atom. The molecule has 0 aliphatic rings. The Hall–Kier alpha value is -1.08. The molecule has 0 atom stereocenters. The number of aryl methyl sites for hydroxylation is 2. The molecule has 1 aromatic rings. The van der Waals surface area contributed by atoms with Crippen molar-refractivity contribution in [3.8, 4) is 0 Å². The van der Waals surface area contributed by atoms with Crippen molar-refractivity contribution in [3.05, 3.63) is 40.5 Å². The van der Waals surface area contributed by atoms with Crippen LogP contribution >= 0.6 is 0 Å². The molecular formula is C16H25N. The van der Waals surface area contributed by atoms with E-state index in [4.69, 9.17) is 0 Å². The molecule has 0 aliphatic carbocycles. The van der Waals surface area contributed by atoms with E-state index in [2.05, 4.69) is 71.1 Å². The van der Waals surface area contributed by atoms with E-state index in [0.29, 0.717) is 0 Å². The average Bonchev–Trinajstić information content (AvgIpc) is 2.11. The molecule has 0 saturated heterocycles. The molecule has 1 N–H and O–H groups in total. The quantitative estimate of drug-likeness (QED) is 0.826. The summed E-state index contributed by atoms with van der Waals surface area (Å²) in [4.78, 5) is 0. The summed E-state index contributed by atoms with van der Waals surface area (Å²) in [5.41, 5.74) is 5.50. The van der Waals surface area contributed by atoms with Gasteiger partial charge in [0.1, 0.15) is 0 Å². The van der Waals surface area contributed by atoms with Crippen LogP contribution in [0.4, 0.5) is 0 Å². The second-order valence-corrected chi connectivity index (χ2v) is 6.02. The molecule has 0 bridgehead atoms. The molecule has 0 unspecified atom stereocenters. The largest absolute Gasteiger partial charge is 0.308 e. The Labute approximate surface area is 106 Å². The Balaban J connectivity index is 2.74. The summed E-state index contributed by atoms with van der Waals surface area (Å²) in [7, 11) is 0. The highest BCUT2D eigenvalue weighted by Gasteiger charge is 2.07. The van der Waals surface area contributed by atoms with E-state index in [1.54, 1.807) is 0 Å². The van der Waals surface area contributed by atoms with Crippen LogP contribution in [0, 0.1) is 13.8 Å². The summed E-state index contributed by atoms with van der Waals surface area (Å²) in [6.07, 6.45) is 2.26. The van der Waals surface area contributed by atoms with Gasteiger partial charge in [0.15, 0.2) is 0 Å². The molecule has 0 radical (unpaired) electrons. The third kappa shape index (κ3) is 5.69. The monoisotopic (exact) mass is 231 g/mol. The van der Waals surface area contributed by atoms with Crippen LogP contribution in [-0.4, -0.2) is 12.1 Å². The second-order valence-electron chi connectivity index (χ2n) is 6.02. The first-order valence-corrected chi connectivity index (χ1v) is 6.27. The standard InChI is InChI=1S/C16H25N/c1-12-7-13(2)9-15(8-12)10-14(3)11-17-16(4,5)6/h7-10,17H,11H2,1-6H3. The van der Waals surface area contributed by atoms with Gasteiger partial charge in [-0.2, -0.15) is 0 Å². The summed E-state index contributed by atoms with van der Waals surface area (Å²) < 4.78 is 0. The summed E-state index contributed by atoms with van der Waals surface area (Å²) in [6, 6.07) is 6.67. The van der Waals surface area contributed by atoms with Gasteiger partial charge in [-0.05, 0) is 47.1 Å². The van der Waals surface area contributed by atoms with Crippen LogP contribution in [0.5, 0.6) is 0 Å². The molecule has 0 spiro atoms. The van der Waals surface area contributed by atoms with Gasteiger partial charge in [-0.25, -0.2) is 0 Å². The summed E-state index contributed by atoms with van der Waals surface area (Å²) in [5.74, 6) is 0. The zero-order chi connectivity index (χ0) is 13.1. The van der Waals surface area contributed by atoms with Gasteiger partial charge in [0.2, 0.25) is 0 Å². The van der Waals surface area contributed by atoms with Crippen LogP contribution in [0.3, 0.4) is 0 Å². The first-order valence-electron chi connectivity index (χ1n) is 6.27. The first-order chi connectivity index (χ1) is 7.76. The van der Waals surface area contributed by atoms with Crippen molar-refractivity contribution in [1.29, 1.82) is 0 Å². The van der Waals surface area contributed by atoms with Crippen LogP contribution in [0.2, 0.25) is 0 Å². The first kappa shape index (κ1) is 14.0. The molecule has 1 heteroatoms. The predicted octanol–water partition coefficient (Wildman–Crippen LogP) is 4.09. The number of benzene rings is 1. The Morgan fingerprint density at radius 1 is 1.12 bits per heavy atom. The van der Waals surface area contributed by atoms with Crippen LogP contribution in [0.15, 0.2) is 23.8 Å². The van der Waals surface area contributed by atoms with Crippen molar-refractivity contribution in [2.45, 2.75) is 47.1 Å². The van der Waals surface area contributed by atoms with Crippen molar-refractivity contribution in [2.24, 2.45) is 0 Å². The highest BCUT2D eigenvalue weighted by Crippen LogP contribution is 2.12. The molecule has 0 heterocycles. The molecule has 1 rings (SSSR count). The van der Waals surface area contributed by atoms with Gasteiger partial charge >= 0.3 is 0 Å². The minimum atomic E-state index is 0.178. The lowest BCUT2D eigenvalue weighted by atomic mass is 10.0. The topological polar surface area (TPSA) is 12.0 Å². The zero-order valence-electron chi connectivity index (χ0n) is 12.0. The smallest absolute Gasteiger partial charge is 0.0170 e. The molecular weight excluding hydrogens is 206 g/mol. The van der Waals surface area contributed by atoms with Crippen molar-refractivity contribution < 1.29 is 0 Å². The maximum Gasteiger partial charge on any atom is 0.0170 e. The third-order valence-electron chi connectivity index (χ3n) is 2.55. The minimum absolute atomic E-state index is 0.178. The lowest BCUT2D eigenvalue weighted by Crippen LogP contribution is -2.36. The Morgan fingerprint density at radius 2 is 1.65 bits per heavy atom. The Kier molecular flexibility index (Phi) is 4.53. The van der Waals surface area contributed by atoms with Crippen LogP contribution in [-0.2, 0) is 0 Å². The van der Waals surface area contributed by atoms with E-state index >= 15 is 0 Å². The summed E-state index contributed by atoms with van der Waals surface area (Å²) >= 11 is 0. The number of nitrogens with one attached hydrogen (secondary N) is 1. The van der Waals surface area contributed by atoms with E-state index in [1.807, 2.05) is 0 Å². The lowest BCUT2D eigenvalue weighted by molar-refractivity contribution is 0.445. The summed E-state index contributed by atoms with van der Waals surface area (Å²) in [5, 5.41) is 3.50. The van der Waals surface area contributed by atoms with Gasteiger partial charge in [0, 0.05) is 12.1 Å². The van der Waals surface area contributed by atoms with Gasteiger partial charge in [-0.3, -0.25) is 0 Å². The van der Waals surface area contributed by atoms with Gasteiger partial charge < -0.3 is 5.32 Å². The number of hydrogen-bond acceptors (Lipinski definition) is 1. The fourth-order valence-electron chi connectivity index (χ4n) is 1.83. The molecule has 0 saturated carbocycles. The highest BCUT2D eigenvalue weighted by molar-refractivity contribution is 5.54. The van der Waals surface area contributed by atoms with Crippen LogP contribution in [0.25, 0.3) is 6.08 Å². The predicted molar refractivity (Wildman–Crippen MR) is 77.3 cm³/mol. The van der Waals surface area contributed by atoms with Gasteiger partial charge in [0.05, 0.1) is 0 Å². The van der Waals surface area contributed by atoms with E-state index in [9.17, 15) is 0 Å². The molecule has 0 amide bonds. The van der Waals surface area contributed by atoms with Gasteiger partial charge in [-0.15, -0.1) is 0 Å². The van der Waals surface area contributed by atoms with Crippen LogP contribution < -0.4 is 5.32 Å². The van der Waals surface area contributed by atoms with E-state index < -0.39 is 0 Å². The molecule has 94 valence electrons. The molecule has 1 aromatic carbocycles.